The number of anilines is 2. The number of aromatic nitrogens is 1. The molecule has 5 rings (SSSR count). The zero-order valence-electron chi connectivity index (χ0n) is 19.4. The minimum atomic E-state index is -0.251. The van der Waals surface area contributed by atoms with Crippen molar-refractivity contribution in [2.45, 2.75) is 33.4 Å². The van der Waals surface area contributed by atoms with Crippen molar-refractivity contribution in [3.05, 3.63) is 84.0 Å². The standard InChI is InChI=1S/C28H31N5/c1-4-17(2)19-11-5-6-12-20(19)18(3)30-26-23-15-9-10-16-24(23)28(32-26)33-27-22-14-8-7-13-21(22)25(29)31-27/h5-17,19-20,26,31H,4,29H2,1-3H3,(H,32,33). The molecule has 0 radical (unpaired) electrons. The third-order valence-corrected chi connectivity index (χ3v) is 7.02. The van der Waals surface area contributed by atoms with E-state index in [-0.39, 0.29) is 6.17 Å². The highest BCUT2D eigenvalue weighted by molar-refractivity contribution is 6.15. The van der Waals surface area contributed by atoms with Crippen LogP contribution in [0.3, 0.4) is 0 Å². The first-order valence-electron chi connectivity index (χ1n) is 11.8. The van der Waals surface area contributed by atoms with E-state index >= 15 is 0 Å². The van der Waals surface area contributed by atoms with Gasteiger partial charge in [0.15, 0.2) is 6.17 Å². The van der Waals surface area contributed by atoms with Crippen LogP contribution in [0.5, 0.6) is 0 Å². The van der Waals surface area contributed by atoms with E-state index in [4.69, 9.17) is 15.7 Å². The van der Waals surface area contributed by atoms with E-state index in [9.17, 15) is 0 Å². The predicted molar refractivity (Wildman–Crippen MR) is 140 cm³/mol. The molecule has 4 atom stereocenters. The third kappa shape index (κ3) is 3.88. The number of amidine groups is 1. The molecular weight excluding hydrogens is 406 g/mol. The molecule has 1 aliphatic carbocycles. The Morgan fingerprint density at radius 1 is 1.09 bits per heavy atom. The zero-order valence-corrected chi connectivity index (χ0v) is 19.4. The summed E-state index contributed by atoms with van der Waals surface area (Å²) in [6.07, 6.45) is 9.82. The fourth-order valence-electron chi connectivity index (χ4n) is 4.96. The minimum Gasteiger partial charge on any atom is -0.385 e. The summed E-state index contributed by atoms with van der Waals surface area (Å²) in [5.41, 5.74) is 9.53. The molecule has 5 heteroatoms. The molecule has 5 nitrogen and oxygen atoms in total. The molecule has 0 amide bonds. The number of benzene rings is 2. The molecule has 2 heterocycles. The Bertz CT molecular complexity index is 1290. The molecule has 33 heavy (non-hydrogen) atoms. The van der Waals surface area contributed by atoms with Gasteiger partial charge in [0.05, 0.1) is 0 Å². The summed E-state index contributed by atoms with van der Waals surface area (Å²) in [6.45, 7) is 6.73. The average molecular weight is 438 g/mol. The van der Waals surface area contributed by atoms with Gasteiger partial charge in [0.25, 0.3) is 0 Å². The second-order valence-electron chi connectivity index (χ2n) is 9.05. The Hall–Kier alpha value is -3.60. The summed E-state index contributed by atoms with van der Waals surface area (Å²) in [6, 6.07) is 16.4. The lowest BCUT2D eigenvalue weighted by atomic mass is 9.76. The van der Waals surface area contributed by atoms with Crippen LogP contribution >= 0.6 is 0 Å². The number of hydrogen-bond donors (Lipinski definition) is 3. The molecule has 0 spiro atoms. The van der Waals surface area contributed by atoms with Crippen molar-refractivity contribution in [1.82, 2.24) is 4.98 Å². The summed E-state index contributed by atoms with van der Waals surface area (Å²) in [5, 5.41) is 5.55. The van der Waals surface area contributed by atoms with E-state index in [0.717, 1.165) is 45.7 Å². The maximum absolute atomic E-state index is 6.20. The number of aliphatic imine (C=N–C) groups is 2. The number of nitrogens with two attached hydrogens (primary N) is 1. The number of hydrogen-bond acceptors (Lipinski definition) is 4. The van der Waals surface area contributed by atoms with Crippen molar-refractivity contribution in [3.8, 4) is 0 Å². The van der Waals surface area contributed by atoms with Crippen molar-refractivity contribution in [3.63, 3.8) is 0 Å². The van der Waals surface area contributed by atoms with Crippen LogP contribution in [0.25, 0.3) is 10.8 Å². The highest BCUT2D eigenvalue weighted by atomic mass is 15.1. The van der Waals surface area contributed by atoms with Crippen molar-refractivity contribution in [1.29, 1.82) is 0 Å². The van der Waals surface area contributed by atoms with Crippen LogP contribution in [0.1, 0.15) is 44.5 Å². The molecule has 1 aromatic heterocycles. The Balaban J connectivity index is 1.48. The van der Waals surface area contributed by atoms with Crippen molar-refractivity contribution in [2.75, 3.05) is 11.1 Å². The van der Waals surface area contributed by atoms with Crippen molar-refractivity contribution in [2.24, 2.45) is 27.7 Å². The van der Waals surface area contributed by atoms with Crippen LogP contribution in [-0.2, 0) is 0 Å². The van der Waals surface area contributed by atoms with E-state index in [2.05, 4.69) is 79.6 Å². The summed E-state index contributed by atoms with van der Waals surface area (Å²) in [7, 11) is 0. The lowest BCUT2D eigenvalue weighted by Crippen LogP contribution is -2.25. The van der Waals surface area contributed by atoms with E-state index in [1.54, 1.807) is 0 Å². The quantitative estimate of drug-likeness (QED) is 0.399. The number of nitrogens with one attached hydrogen (secondary N) is 2. The fourth-order valence-corrected chi connectivity index (χ4v) is 4.96. The van der Waals surface area contributed by atoms with Gasteiger partial charge < -0.3 is 16.0 Å². The van der Waals surface area contributed by atoms with Gasteiger partial charge in [0.1, 0.15) is 17.5 Å². The smallest absolute Gasteiger partial charge is 0.168 e. The Morgan fingerprint density at radius 3 is 2.64 bits per heavy atom. The molecular formula is C28H31N5. The van der Waals surface area contributed by atoms with Crippen LogP contribution in [0.4, 0.5) is 11.6 Å². The summed E-state index contributed by atoms with van der Waals surface area (Å²) >= 11 is 0. The zero-order chi connectivity index (χ0) is 22.9. The lowest BCUT2D eigenvalue weighted by molar-refractivity contribution is 0.379. The number of aromatic amines is 1. The minimum absolute atomic E-state index is 0.251. The topological polar surface area (TPSA) is 78.6 Å². The SMILES string of the molecule is CCC(C)C1C=CC=CC1C(C)=NC1N=C(Nc2[nH]c(N)c3ccccc23)c2ccccc21. The number of fused-ring (bicyclic) bond motifs is 2. The van der Waals surface area contributed by atoms with Crippen LogP contribution in [0, 0.1) is 17.8 Å². The Morgan fingerprint density at radius 2 is 1.82 bits per heavy atom. The normalized spacial score (nSPS) is 22.9. The Labute approximate surface area is 195 Å². The molecule has 2 aromatic carbocycles. The molecule has 3 aromatic rings. The van der Waals surface area contributed by atoms with E-state index in [0.29, 0.717) is 23.6 Å². The number of nitrogens with zero attached hydrogens (tertiary/aromatic N) is 2. The number of nitrogen functional groups attached to an aromatic ring is 1. The highest BCUT2D eigenvalue weighted by Crippen LogP contribution is 2.36. The summed E-state index contributed by atoms with van der Waals surface area (Å²) in [4.78, 5) is 13.4. The van der Waals surface area contributed by atoms with Crippen LogP contribution in [0.2, 0.25) is 0 Å². The van der Waals surface area contributed by atoms with Gasteiger partial charge in [-0.2, -0.15) is 0 Å². The van der Waals surface area contributed by atoms with Gasteiger partial charge in [0, 0.05) is 33.5 Å². The van der Waals surface area contributed by atoms with E-state index < -0.39 is 0 Å². The molecule has 0 saturated heterocycles. The van der Waals surface area contributed by atoms with Crippen LogP contribution < -0.4 is 11.1 Å². The lowest BCUT2D eigenvalue weighted by Gasteiger charge is -2.29. The van der Waals surface area contributed by atoms with Gasteiger partial charge in [-0.3, -0.25) is 4.99 Å². The molecule has 2 aliphatic rings. The first kappa shape index (κ1) is 21.3. The van der Waals surface area contributed by atoms with Crippen molar-refractivity contribution < 1.29 is 0 Å². The summed E-state index contributed by atoms with van der Waals surface area (Å²) in [5.74, 6) is 3.70. The average Bonchev–Trinajstić information content (AvgIpc) is 3.36. The van der Waals surface area contributed by atoms with Crippen LogP contribution in [-0.4, -0.2) is 16.5 Å². The number of allylic oxidation sites excluding steroid dienone is 4. The maximum atomic E-state index is 6.20. The van der Waals surface area contributed by atoms with Gasteiger partial charge in [-0.15, -0.1) is 0 Å². The van der Waals surface area contributed by atoms with Gasteiger partial charge in [-0.1, -0.05) is 93.1 Å². The van der Waals surface area contributed by atoms with Gasteiger partial charge in [-0.05, 0) is 18.8 Å². The van der Waals surface area contributed by atoms with Gasteiger partial charge >= 0.3 is 0 Å². The number of rotatable bonds is 5. The van der Waals surface area contributed by atoms with Crippen molar-refractivity contribution >= 4 is 34.0 Å². The first-order chi connectivity index (χ1) is 16.1. The fraction of sp³-hybridized carbons (Fsp3) is 0.286. The molecule has 4 unspecified atom stereocenters. The first-order valence-corrected chi connectivity index (χ1v) is 11.8. The molecule has 0 bridgehead atoms. The molecule has 1 aliphatic heterocycles. The van der Waals surface area contributed by atoms with E-state index in [1.165, 1.54) is 0 Å². The number of H-pyrrole nitrogens is 1. The third-order valence-electron chi connectivity index (χ3n) is 7.02. The second-order valence-corrected chi connectivity index (χ2v) is 9.05. The molecule has 0 fully saturated rings. The van der Waals surface area contributed by atoms with E-state index in [1.807, 2.05) is 24.3 Å². The van der Waals surface area contributed by atoms with Crippen LogP contribution in [0.15, 0.2) is 82.8 Å². The maximum Gasteiger partial charge on any atom is 0.168 e. The molecule has 0 saturated carbocycles. The summed E-state index contributed by atoms with van der Waals surface area (Å²) < 4.78 is 0. The molecule has 168 valence electrons. The van der Waals surface area contributed by atoms with Gasteiger partial charge in [-0.25, -0.2) is 4.99 Å². The van der Waals surface area contributed by atoms with Gasteiger partial charge in [0.2, 0.25) is 0 Å². The monoisotopic (exact) mass is 437 g/mol. The largest absolute Gasteiger partial charge is 0.385 e. The predicted octanol–water partition coefficient (Wildman–Crippen LogP) is 6.49. The Kier molecular flexibility index (Phi) is 5.63. The highest BCUT2D eigenvalue weighted by Gasteiger charge is 2.29. The molecule has 4 N–H and O–H groups in total. The second kappa shape index (κ2) is 8.74.